The van der Waals surface area contributed by atoms with E-state index in [9.17, 15) is 9.59 Å². The van der Waals surface area contributed by atoms with E-state index in [0.717, 1.165) is 5.56 Å². The van der Waals surface area contributed by atoms with Gasteiger partial charge in [0.05, 0.1) is 11.8 Å². The fourth-order valence-electron chi connectivity index (χ4n) is 1.86. The number of hydrogen-bond acceptors (Lipinski definition) is 3. The molecular weight excluding hydrogens is 270 g/mol. The molecule has 2 rings (SSSR count). The normalized spacial score (nSPS) is 10.3. The van der Waals surface area contributed by atoms with Gasteiger partial charge in [-0.15, -0.1) is 0 Å². The van der Waals surface area contributed by atoms with Crippen molar-refractivity contribution in [1.29, 1.82) is 0 Å². The fourth-order valence-corrected chi connectivity index (χ4v) is 1.86. The topological polar surface area (TPSA) is 84.2 Å². The minimum atomic E-state index is -0.819. The van der Waals surface area contributed by atoms with E-state index in [2.05, 4.69) is 10.4 Å². The zero-order valence-corrected chi connectivity index (χ0v) is 11.7. The van der Waals surface area contributed by atoms with E-state index in [4.69, 9.17) is 5.11 Å². The van der Waals surface area contributed by atoms with Crippen LogP contribution in [-0.2, 0) is 17.8 Å². The average Bonchev–Trinajstić information content (AvgIpc) is 2.95. The zero-order chi connectivity index (χ0) is 15.2. The first-order chi connectivity index (χ1) is 10.1. The molecule has 1 aromatic heterocycles. The van der Waals surface area contributed by atoms with Gasteiger partial charge in [-0.1, -0.05) is 12.1 Å². The third-order valence-corrected chi connectivity index (χ3v) is 3.06. The first-order valence-electron chi connectivity index (χ1n) is 6.73. The minimum Gasteiger partial charge on any atom is -0.481 e. The van der Waals surface area contributed by atoms with Crippen molar-refractivity contribution in [2.24, 2.45) is 0 Å². The van der Waals surface area contributed by atoms with Crippen LogP contribution in [0.5, 0.6) is 0 Å². The lowest BCUT2D eigenvalue weighted by Crippen LogP contribution is -2.11. The number of anilines is 1. The summed E-state index contributed by atoms with van der Waals surface area (Å²) in [6, 6.07) is 7.15. The summed E-state index contributed by atoms with van der Waals surface area (Å²) in [5.74, 6) is -1.03. The van der Waals surface area contributed by atoms with Gasteiger partial charge >= 0.3 is 5.97 Å². The molecule has 1 amide bonds. The predicted molar refractivity (Wildman–Crippen MR) is 78.3 cm³/mol. The highest BCUT2D eigenvalue weighted by atomic mass is 16.4. The second-order valence-electron chi connectivity index (χ2n) is 4.63. The third-order valence-electron chi connectivity index (χ3n) is 3.06. The van der Waals surface area contributed by atoms with E-state index in [-0.39, 0.29) is 12.3 Å². The van der Waals surface area contributed by atoms with E-state index < -0.39 is 5.97 Å². The maximum atomic E-state index is 12.0. The van der Waals surface area contributed by atoms with Crippen molar-refractivity contribution in [2.45, 2.75) is 26.3 Å². The van der Waals surface area contributed by atoms with Crippen LogP contribution in [0.1, 0.15) is 29.3 Å². The van der Waals surface area contributed by atoms with Crippen molar-refractivity contribution in [3.05, 3.63) is 47.8 Å². The zero-order valence-electron chi connectivity index (χ0n) is 11.7. The molecule has 0 aliphatic carbocycles. The Kier molecular flexibility index (Phi) is 4.71. The Bertz CT molecular complexity index is 632. The van der Waals surface area contributed by atoms with E-state index in [0.29, 0.717) is 24.2 Å². The Morgan fingerprint density at radius 1 is 1.29 bits per heavy atom. The number of hydrogen-bond donors (Lipinski definition) is 2. The molecule has 0 atom stereocenters. The highest BCUT2D eigenvalue weighted by Gasteiger charge is 2.08. The summed E-state index contributed by atoms with van der Waals surface area (Å²) in [5.41, 5.74) is 2.10. The van der Waals surface area contributed by atoms with Gasteiger partial charge in [-0.2, -0.15) is 5.10 Å². The van der Waals surface area contributed by atoms with Gasteiger partial charge in [-0.25, -0.2) is 0 Å². The minimum absolute atomic E-state index is 0.0991. The lowest BCUT2D eigenvalue weighted by atomic mass is 10.1. The molecule has 2 aromatic rings. The van der Waals surface area contributed by atoms with Crippen molar-refractivity contribution in [1.82, 2.24) is 9.78 Å². The second kappa shape index (κ2) is 6.69. The van der Waals surface area contributed by atoms with Crippen LogP contribution in [0.25, 0.3) is 0 Å². The lowest BCUT2D eigenvalue weighted by Gasteiger charge is -2.05. The molecule has 2 N–H and O–H groups in total. The number of amides is 1. The summed E-state index contributed by atoms with van der Waals surface area (Å²) in [4.78, 5) is 22.5. The van der Waals surface area contributed by atoms with Crippen LogP contribution in [0.3, 0.4) is 0 Å². The van der Waals surface area contributed by atoms with Gasteiger partial charge in [0.15, 0.2) is 0 Å². The van der Waals surface area contributed by atoms with Gasteiger partial charge in [0, 0.05) is 24.8 Å². The van der Waals surface area contributed by atoms with E-state index in [1.165, 1.54) is 6.20 Å². The molecular formula is C15H17N3O3. The van der Waals surface area contributed by atoms with Gasteiger partial charge in [-0.3, -0.25) is 14.3 Å². The number of carbonyl (C=O) groups excluding carboxylic acids is 1. The number of nitrogens with one attached hydrogen (secondary N) is 1. The summed E-state index contributed by atoms with van der Waals surface area (Å²) in [7, 11) is 0. The summed E-state index contributed by atoms with van der Waals surface area (Å²) in [5, 5.41) is 15.5. The Morgan fingerprint density at radius 2 is 2.00 bits per heavy atom. The number of aryl methyl sites for hydroxylation is 2. The van der Waals surface area contributed by atoms with Crippen LogP contribution in [0.2, 0.25) is 0 Å². The van der Waals surface area contributed by atoms with E-state index in [1.54, 1.807) is 23.0 Å². The quantitative estimate of drug-likeness (QED) is 0.852. The standard InChI is InChI=1S/C15H17N3O3/c1-2-18-10-12(9-16-18)15(21)17-13-6-3-11(4-7-13)5-8-14(19)20/h3-4,6-7,9-10H,2,5,8H2,1H3,(H,17,21)(H,19,20). The predicted octanol–water partition coefficient (Wildman–Crippen LogP) is 2.17. The summed E-state index contributed by atoms with van der Waals surface area (Å²) in [6.45, 7) is 2.66. The average molecular weight is 287 g/mol. The lowest BCUT2D eigenvalue weighted by molar-refractivity contribution is -0.136. The van der Waals surface area contributed by atoms with Crippen LogP contribution in [-0.4, -0.2) is 26.8 Å². The molecule has 0 aliphatic rings. The van der Waals surface area contributed by atoms with Crippen LogP contribution >= 0.6 is 0 Å². The summed E-state index contributed by atoms with van der Waals surface area (Å²) in [6.07, 6.45) is 3.80. The summed E-state index contributed by atoms with van der Waals surface area (Å²) < 4.78 is 1.68. The van der Waals surface area contributed by atoms with Gasteiger partial charge in [0.2, 0.25) is 0 Å². The number of carbonyl (C=O) groups is 2. The molecule has 0 saturated carbocycles. The number of aromatic nitrogens is 2. The second-order valence-corrected chi connectivity index (χ2v) is 4.63. The largest absolute Gasteiger partial charge is 0.481 e. The van der Waals surface area contributed by atoms with Crippen LogP contribution in [0.4, 0.5) is 5.69 Å². The number of nitrogens with zero attached hydrogens (tertiary/aromatic N) is 2. The molecule has 0 fully saturated rings. The third kappa shape index (κ3) is 4.17. The van der Waals surface area contributed by atoms with Crippen molar-refractivity contribution in [3.63, 3.8) is 0 Å². The number of carboxylic acid groups (broad SMARTS) is 1. The monoisotopic (exact) mass is 287 g/mol. The molecule has 0 bridgehead atoms. The van der Waals surface area contributed by atoms with E-state index >= 15 is 0 Å². The van der Waals surface area contributed by atoms with Gasteiger partial charge in [0.25, 0.3) is 5.91 Å². The van der Waals surface area contributed by atoms with Crippen LogP contribution < -0.4 is 5.32 Å². The number of carboxylic acids is 1. The molecule has 0 radical (unpaired) electrons. The SMILES string of the molecule is CCn1cc(C(=O)Nc2ccc(CCC(=O)O)cc2)cn1. The van der Waals surface area contributed by atoms with Gasteiger partial charge < -0.3 is 10.4 Å². The highest BCUT2D eigenvalue weighted by Crippen LogP contribution is 2.12. The Labute approximate surface area is 122 Å². The first kappa shape index (κ1) is 14.8. The smallest absolute Gasteiger partial charge is 0.303 e. The molecule has 21 heavy (non-hydrogen) atoms. The molecule has 6 heteroatoms. The van der Waals surface area contributed by atoms with Gasteiger partial charge in [-0.05, 0) is 31.0 Å². The molecule has 1 aromatic carbocycles. The van der Waals surface area contributed by atoms with Gasteiger partial charge in [0.1, 0.15) is 0 Å². The van der Waals surface area contributed by atoms with Crippen LogP contribution in [0, 0.1) is 0 Å². The molecule has 0 unspecified atom stereocenters. The number of rotatable bonds is 6. The van der Waals surface area contributed by atoms with Crippen molar-refractivity contribution >= 4 is 17.6 Å². The first-order valence-corrected chi connectivity index (χ1v) is 6.73. The Balaban J connectivity index is 1.96. The molecule has 0 spiro atoms. The Morgan fingerprint density at radius 3 is 2.57 bits per heavy atom. The molecule has 110 valence electrons. The van der Waals surface area contributed by atoms with Crippen molar-refractivity contribution in [2.75, 3.05) is 5.32 Å². The molecule has 1 heterocycles. The molecule has 6 nitrogen and oxygen atoms in total. The maximum Gasteiger partial charge on any atom is 0.303 e. The number of aliphatic carboxylic acids is 1. The Hall–Kier alpha value is -2.63. The molecule has 0 aliphatic heterocycles. The fraction of sp³-hybridized carbons (Fsp3) is 0.267. The number of benzene rings is 1. The summed E-state index contributed by atoms with van der Waals surface area (Å²) >= 11 is 0. The van der Waals surface area contributed by atoms with Crippen molar-refractivity contribution in [3.8, 4) is 0 Å². The maximum absolute atomic E-state index is 12.0. The van der Waals surface area contributed by atoms with Crippen molar-refractivity contribution < 1.29 is 14.7 Å². The highest BCUT2D eigenvalue weighted by molar-refractivity contribution is 6.03. The molecule has 0 saturated heterocycles. The van der Waals surface area contributed by atoms with Crippen LogP contribution in [0.15, 0.2) is 36.7 Å². The van der Waals surface area contributed by atoms with E-state index in [1.807, 2.05) is 19.1 Å².